The van der Waals surface area contributed by atoms with Crippen LogP contribution in [-0.2, 0) is 0 Å². The third kappa shape index (κ3) is 3.01. The first-order valence-corrected chi connectivity index (χ1v) is 6.03. The number of hydrogen-bond acceptors (Lipinski definition) is 2. The Labute approximate surface area is 100 Å². The molecule has 1 fully saturated rings. The lowest BCUT2D eigenvalue weighted by molar-refractivity contribution is 0.416. The van der Waals surface area contributed by atoms with E-state index in [-0.39, 0.29) is 17.7 Å². The SMILES string of the molecule is CNC(CC1CCNC1)c1cc(F)ccc1F. The summed E-state index contributed by atoms with van der Waals surface area (Å²) in [7, 11) is 1.79. The van der Waals surface area contributed by atoms with Gasteiger partial charge in [0, 0.05) is 11.6 Å². The van der Waals surface area contributed by atoms with Gasteiger partial charge in [0.05, 0.1) is 0 Å². The Hall–Kier alpha value is -1.00. The minimum atomic E-state index is -0.383. The topological polar surface area (TPSA) is 24.1 Å². The zero-order valence-electron chi connectivity index (χ0n) is 9.97. The maximum atomic E-state index is 13.7. The van der Waals surface area contributed by atoms with Crippen molar-refractivity contribution in [3.8, 4) is 0 Å². The van der Waals surface area contributed by atoms with Gasteiger partial charge in [-0.15, -0.1) is 0 Å². The summed E-state index contributed by atoms with van der Waals surface area (Å²) in [6, 6.07) is 3.53. The molecule has 2 atom stereocenters. The summed E-state index contributed by atoms with van der Waals surface area (Å²) >= 11 is 0. The second kappa shape index (κ2) is 5.56. The fourth-order valence-corrected chi connectivity index (χ4v) is 2.43. The Morgan fingerprint density at radius 3 is 2.94 bits per heavy atom. The summed E-state index contributed by atoms with van der Waals surface area (Å²) < 4.78 is 26.8. The molecule has 2 N–H and O–H groups in total. The summed E-state index contributed by atoms with van der Waals surface area (Å²) in [6.07, 6.45) is 1.94. The fraction of sp³-hybridized carbons (Fsp3) is 0.538. The van der Waals surface area contributed by atoms with Crippen molar-refractivity contribution in [1.29, 1.82) is 0 Å². The largest absolute Gasteiger partial charge is 0.316 e. The van der Waals surface area contributed by atoms with E-state index in [9.17, 15) is 8.78 Å². The van der Waals surface area contributed by atoms with E-state index >= 15 is 0 Å². The molecule has 1 saturated heterocycles. The van der Waals surface area contributed by atoms with Crippen LogP contribution in [0.2, 0.25) is 0 Å². The van der Waals surface area contributed by atoms with Crippen LogP contribution in [0.1, 0.15) is 24.4 Å². The molecule has 0 saturated carbocycles. The third-order valence-electron chi connectivity index (χ3n) is 3.41. The van der Waals surface area contributed by atoms with Crippen molar-refractivity contribution in [3.63, 3.8) is 0 Å². The smallest absolute Gasteiger partial charge is 0.128 e. The zero-order chi connectivity index (χ0) is 12.3. The van der Waals surface area contributed by atoms with Gasteiger partial charge in [-0.25, -0.2) is 8.78 Å². The number of halogens is 2. The maximum Gasteiger partial charge on any atom is 0.128 e. The minimum Gasteiger partial charge on any atom is -0.316 e. The molecule has 94 valence electrons. The van der Waals surface area contributed by atoms with Gasteiger partial charge >= 0.3 is 0 Å². The Morgan fingerprint density at radius 1 is 1.47 bits per heavy atom. The van der Waals surface area contributed by atoms with E-state index in [0.29, 0.717) is 11.5 Å². The van der Waals surface area contributed by atoms with Crippen LogP contribution < -0.4 is 10.6 Å². The van der Waals surface area contributed by atoms with Gasteiger partial charge in [-0.05, 0) is 57.1 Å². The van der Waals surface area contributed by atoms with Crippen LogP contribution in [0.4, 0.5) is 8.78 Å². The van der Waals surface area contributed by atoms with Crippen LogP contribution >= 0.6 is 0 Å². The number of rotatable bonds is 4. The second-order valence-corrected chi connectivity index (χ2v) is 4.60. The van der Waals surface area contributed by atoms with Gasteiger partial charge in [0.2, 0.25) is 0 Å². The third-order valence-corrected chi connectivity index (χ3v) is 3.41. The average molecular weight is 240 g/mol. The monoisotopic (exact) mass is 240 g/mol. The molecule has 2 nitrogen and oxygen atoms in total. The average Bonchev–Trinajstić information content (AvgIpc) is 2.82. The fourth-order valence-electron chi connectivity index (χ4n) is 2.43. The first-order chi connectivity index (χ1) is 8.20. The van der Waals surface area contributed by atoms with Crippen molar-refractivity contribution >= 4 is 0 Å². The standard InChI is InChI=1S/C13H18F2N2/c1-16-13(6-9-4-5-17-8-9)11-7-10(14)2-3-12(11)15/h2-3,7,9,13,16-17H,4-6,8H2,1H3. The minimum absolute atomic E-state index is 0.115. The Kier molecular flexibility index (Phi) is 4.07. The van der Waals surface area contributed by atoms with E-state index in [1.165, 1.54) is 12.1 Å². The number of benzene rings is 1. The molecule has 0 spiro atoms. The molecule has 2 rings (SSSR count). The highest BCUT2D eigenvalue weighted by molar-refractivity contribution is 5.22. The van der Waals surface area contributed by atoms with Crippen molar-refractivity contribution in [2.75, 3.05) is 20.1 Å². The van der Waals surface area contributed by atoms with Crippen molar-refractivity contribution in [2.45, 2.75) is 18.9 Å². The van der Waals surface area contributed by atoms with E-state index in [4.69, 9.17) is 0 Å². The molecule has 0 radical (unpaired) electrons. The van der Waals surface area contributed by atoms with Crippen molar-refractivity contribution in [2.24, 2.45) is 5.92 Å². The quantitative estimate of drug-likeness (QED) is 0.843. The molecule has 0 aromatic heterocycles. The predicted octanol–water partition coefficient (Wildman–Crippen LogP) is 2.22. The van der Waals surface area contributed by atoms with E-state index in [2.05, 4.69) is 10.6 Å². The van der Waals surface area contributed by atoms with Crippen LogP contribution in [0.15, 0.2) is 18.2 Å². The van der Waals surface area contributed by atoms with E-state index < -0.39 is 0 Å². The molecule has 1 aromatic rings. The van der Waals surface area contributed by atoms with Gasteiger partial charge in [0.25, 0.3) is 0 Å². The second-order valence-electron chi connectivity index (χ2n) is 4.60. The molecular formula is C13H18F2N2. The molecular weight excluding hydrogens is 222 g/mol. The van der Waals surface area contributed by atoms with Crippen LogP contribution in [0, 0.1) is 17.6 Å². The van der Waals surface area contributed by atoms with Crippen molar-refractivity contribution < 1.29 is 8.78 Å². The lowest BCUT2D eigenvalue weighted by Crippen LogP contribution is -2.22. The van der Waals surface area contributed by atoms with Crippen LogP contribution in [0.3, 0.4) is 0 Å². The van der Waals surface area contributed by atoms with Crippen LogP contribution in [-0.4, -0.2) is 20.1 Å². The molecule has 1 aliphatic rings. The van der Waals surface area contributed by atoms with Gasteiger partial charge in [0.15, 0.2) is 0 Å². The molecule has 0 bridgehead atoms. The lowest BCUT2D eigenvalue weighted by Gasteiger charge is -2.20. The molecule has 0 aliphatic carbocycles. The summed E-state index contributed by atoms with van der Waals surface area (Å²) in [5.41, 5.74) is 0.430. The predicted molar refractivity (Wildman–Crippen MR) is 63.8 cm³/mol. The number of hydrogen-bond donors (Lipinski definition) is 2. The van der Waals surface area contributed by atoms with Gasteiger partial charge < -0.3 is 10.6 Å². The summed E-state index contributed by atoms with van der Waals surface area (Å²) in [5, 5.41) is 6.36. The van der Waals surface area contributed by atoms with Gasteiger partial charge in [-0.2, -0.15) is 0 Å². The summed E-state index contributed by atoms with van der Waals surface area (Å²) in [6.45, 7) is 1.99. The molecule has 1 aliphatic heterocycles. The highest BCUT2D eigenvalue weighted by atomic mass is 19.1. The molecule has 2 unspecified atom stereocenters. The van der Waals surface area contributed by atoms with E-state index in [1.54, 1.807) is 7.05 Å². The molecule has 17 heavy (non-hydrogen) atoms. The number of nitrogens with one attached hydrogen (secondary N) is 2. The molecule has 1 aromatic carbocycles. The van der Waals surface area contributed by atoms with Crippen molar-refractivity contribution in [3.05, 3.63) is 35.4 Å². The molecule has 0 amide bonds. The Bertz CT molecular complexity index is 376. The molecule has 1 heterocycles. The maximum absolute atomic E-state index is 13.7. The van der Waals surface area contributed by atoms with E-state index in [1.807, 2.05) is 0 Å². The highest BCUT2D eigenvalue weighted by Gasteiger charge is 2.22. The summed E-state index contributed by atoms with van der Waals surface area (Å²) in [5.74, 6) is -0.182. The zero-order valence-corrected chi connectivity index (χ0v) is 9.97. The van der Waals surface area contributed by atoms with Crippen LogP contribution in [0.5, 0.6) is 0 Å². The highest BCUT2D eigenvalue weighted by Crippen LogP contribution is 2.26. The summed E-state index contributed by atoms with van der Waals surface area (Å²) in [4.78, 5) is 0. The van der Waals surface area contributed by atoms with Gasteiger partial charge in [-0.3, -0.25) is 0 Å². The van der Waals surface area contributed by atoms with E-state index in [0.717, 1.165) is 32.0 Å². The van der Waals surface area contributed by atoms with Gasteiger partial charge in [0.1, 0.15) is 11.6 Å². The van der Waals surface area contributed by atoms with Crippen molar-refractivity contribution in [1.82, 2.24) is 10.6 Å². The van der Waals surface area contributed by atoms with Gasteiger partial charge in [-0.1, -0.05) is 0 Å². The molecule has 4 heteroatoms. The Morgan fingerprint density at radius 2 is 2.29 bits per heavy atom. The normalized spacial score (nSPS) is 21.7. The first kappa shape index (κ1) is 12.5. The lowest BCUT2D eigenvalue weighted by atomic mass is 9.94. The van der Waals surface area contributed by atoms with Crippen LogP contribution in [0.25, 0.3) is 0 Å². The first-order valence-electron chi connectivity index (χ1n) is 6.03. The Balaban J connectivity index is 2.13.